The number of sulfonamides is 1. The zero-order valence-corrected chi connectivity index (χ0v) is 14.4. The number of hydrogen-bond acceptors (Lipinski definition) is 5. The van der Waals surface area contributed by atoms with E-state index >= 15 is 0 Å². The minimum Gasteiger partial charge on any atom is -0.312 e. The fourth-order valence-corrected chi connectivity index (χ4v) is 3.19. The number of rotatable bonds is 4. The molecule has 1 saturated heterocycles. The van der Waals surface area contributed by atoms with Gasteiger partial charge in [0.1, 0.15) is 0 Å². The Morgan fingerprint density at radius 3 is 2.05 bits per heavy atom. The maximum atomic E-state index is 10.7. The number of hydrogen-bond donors (Lipinski definition) is 3. The standard InChI is InChI=1S/C7H8O3S.C6H14N2O2S/c1-6-2-4-7(5-3-6)11(8,9)10;1-5(6-3-4-7-6)8-11(2,9)10/h2-5H,1H3,(H,8,9,10);5-8H,3-4H2,1-2H3/t;5-,6?/m.0/s1. The lowest BCUT2D eigenvalue weighted by Gasteiger charge is -2.32. The summed E-state index contributed by atoms with van der Waals surface area (Å²) in [5.41, 5.74) is 0.956. The third kappa shape index (κ3) is 6.84. The van der Waals surface area contributed by atoms with Crippen LogP contribution in [0.15, 0.2) is 29.2 Å². The Kier molecular flexibility index (Phi) is 6.50. The number of benzene rings is 1. The van der Waals surface area contributed by atoms with Crippen LogP contribution in [0.1, 0.15) is 18.9 Å². The van der Waals surface area contributed by atoms with Gasteiger partial charge in [0.15, 0.2) is 0 Å². The summed E-state index contributed by atoms with van der Waals surface area (Å²) in [4.78, 5) is -0.0666. The molecule has 0 amide bonds. The van der Waals surface area contributed by atoms with Crippen LogP contribution in [0.5, 0.6) is 0 Å². The lowest BCUT2D eigenvalue weighted by molar-refractivity contribution is 0.314. The van der Waals surface area contributed by atoms with Gasteiger partial charge >= 0.3 is 0 Å². The van der Waals surface area contributed by atoms with Gasteiger partial charge in [-0.1, -0.05) is 17.7 Å². The highest BCUT2D eigenvalue weighted by atomic mass is 32.2. The van der Waals surface area contributed by atoms with E-state index in [0.717, 1.165) is 18.5 Å². The molecule has 2 rings (SSSR count). The van der Waals surface area contributed by atoms with Gasteiger partial charge in [-0.25, -0.2) is 13.1 Å². The van der Waals surface area contributed by atoms with Crippen LogP contribution in [-0.4, -0.2) is 46.3 Å². The largest absolute Gasteiger partial charge is 0.312 e. The summed E-state index contributed by atoms with van der Waals surface area (Å²) in [7, 11) is -7.05. The average Bonchev–Trinajstić information content (AvgIpc) is 2.23. The third-order valence-electron chi connectivity index (χ3n) is 3.18. The first kappa shape index (κ1) is 19.0. The molecule has 0 aliphatic carbocycles. The van der Waals surface area contributed by atoms with E-state index in [2.05, 4.69) is 10.0 Å². The fourth-order valence-electron chi connectivity index (χ4n) is 1.87. The second kappa shape index (κ2) is 7.51. The maximum Gasteiger partial charge on any atom is 0.294 e. The molecule has 1 heterocycles. The summed E-state index contributed by atoms with van der Waals surface area (Å²) in [5, 5.41) is 3.14. The van der Waals surface area contributed by atoms with E-state index < -0.39 is 20.1 Å². The Bertz CT molecular complexity index is 680. The molecule has 3 N–H and O–H groups in total. The van der Waals surface area contributed by atoms with Crippen molar-refractivity contribution in [2.45, 2.75) is 37.2 Å². The molecule has 1 aromatic rings. The Morgan fingerprint density at radius 1 is 1.23 bits per heavy atom. The Labute approximate surface area is 131 Å². The van der Waals surface area contributed by atoms with Gasteiger partial charge in [-0.2, -0.15) is 8.42 Å². The molecular formula is C13H22N2O5S2. The van der Waals surface area contributed by atoms with Crippen molar-refractivity contribution in [2.24, 2.45) is 0 Å². The van der Waals surface area contributed by atoms with E-state index in [4.69, 9.17) is 4.55 Å². The average molecular weight is 350 g/mol. The molecular weight excluding hydrogens is 328 g/mol. The zero-order chi connectivity index (χ0) is 17.0. The quantitative estimate of drug-likeness (QED) is 0.683. The molecule has 0 radical (unpaired) electrons. The van der Waals surface area contributed by atoms with Crippen molar-refractivity contribution in [2.75, 3.05) is 12.8 Å². The first-order valence-corrected chi connectivity index (χ1v) is 10.1. The van der Waals surface area contributed by atoms with Crippen molar-refractivity contribution >= 4 is 20.1 Å². The lowest BCUT2D eigenvalue weighted by atomic mass is 10.0. The predicted octanol–water partition coefficient (Wildman–Crippen LogP) is 0.528. The number of aryl methyl sites for hydroxylation is 1. The fraction of sp³-hybridized carbons (Fsp3) is 0.538. The SMILES string of the molecule is C[C@H](NS(C)(=O)=O)C1CCN1.Cc1ccc(S(=O)(=O)O)cc1. The second-order valence-electron chi connectivity index (χ2n) is 5.32. The van der Waals surface area contributed by atoms with E-state index in [-0.39, 0.29) is 10.9 Å². The highest BCUT2D eigenvalue weighted by Crippen LogP contribution is 2.08. The molecule has 9 heteroatoms. The van der Waals surface area contributed by atoms with E-state index in [1.54, 1.807) is 12.1 Å². The molecule has 7 nitrogen and oxygen atoms in total. The molecule has 0 spiro atoms. The first-order chi connectivity index (χ1) is 9.99. The highest BCUT2D eigenvalue weighted by Gasteiger charge is 2.24. The van der Waals surface area contributed by atoms with Crippen molar-refractivity contribution in [1.29, 1.82) is 0 Å². The van der Waals surface area contributed by atoms with Crippen molar-refractivity contribution in [3.05, 3.63) is 29.8 Å². The Balaban J connectivity index is 0.000000220. The molecule has 2 atom stereocenters. The zero-order valence-electron chi connectivity index (χ0n) is 12.8. The van der Waals surface area contributed by atoms with Crippen LogP contribution in [0.25, 0.3) is 0 Å². The summed E-state index contributed by atoms with van der Waals surface area (Å²) in [6.45, 7) is 4.71. The monoisotopic (exact) mass is 350 g/mol. The normalized spacial score (nSPS) is 19.5. The van der Waals surface area contributed by atoms with Crippen molar-refractivity contribution in [3.8, 4) is 0 Å². The molecule has 1 fully saturated rings. The van der Waals surface area contributed by atoms with Gasteiger partial charge in [0.2, 0.25) is 10.0 Å². The smallest absolute Gasteiger partial charge is 0.294 e. The molecule has 126 valence electrons. The van der Waals surface area contributed by atoms with E-state index in [1.807, 2.05) is 13.8 Å². The van der Waals surface area contributed by atoms with Crippen LogP contribution < -0.4 is 10.0 Å². The van der Waals surface area contributed by atoms with Gasteiger partial charge < -0.3 is 5.32 Å². The summed E-state index contributed by atoms with van der Waals surface area (Å²) in [5.74, 6) is 0. The molecule has 1 aromatic carbocycles. The Morgan fingerprint density at radius 2 is 1.73 bits per heavy atom. The lowest BCUT2D eigenvalue weighted by Crippen LogP contribution is -2.55. The second-order valence-corrected chi connectivity index (χ2v) is 8.52. The third-order valence-corrected chi connectivity index (χ3v) is 4.85. The van der Waals surface area contributed by atoms with E-state index in [0.29, 0.717) is 6.04 Å². The van der Waals surface area contributed by atoms with Crippen LogP contribution in [0.2, 0.25) is 0 Å². The molecule has 0 saturated carbocycles. The van der Waals surface area contributed by atoms with E-state index in [9.17, 15) is 16.8 Å². The summed E-state index contributed by atoms with van der Waals surface area (Å²) < 4.78 is 53.6. The highest BCUT2D eigenvalue weighted by molar-refractivity contribution is 7.88. The minimum absolute atomic E-state index is 0.0127. The predicted molar refractivity (Wildman–Crippen MR) is 84.8 cm³/mol. The molecule has 1 aliphatic rings. The van der Waals surface area contributed by atoms with Gasteiger partial charge in [-0.05, 0) is 38.9 Å². The summed E-state index contributed by atoms with van der Waals surface area (Å²) >= 11 is 0. The van der Waals surface area contributed by atoms with Gasteiger partial charge in [0.05, 0.1) is 11.2 Å². The number of nitrogens with one attached hydrogen (secondary N) is 2. The van der Waals surface area contributed by atoms with Crippen LogP contribution in [-0.2, 0) is 20.1 Å². The molecule has 22 heavy (non-hydrogen) atoms. The van der Waals surface area contributed by atoms with Gasteiger partial charge in [0, 0.05) is 12.1 Å². The van der Waals surface area contributed by atoms with Crippen LogP contribution >= 0.6 is 0 Å². The van der Waals surface area contributed by atoms with Gasteiger partial charge in [-0.3, -0.25) is 4.55 Å². The van der Waals surface area contributed by atoms with Crippen molar-refractivity contribution in [3.63, 3.8) is 0 Å². The van der Waals surface area contributed by atoms with Gasteiger partial charge in [-0.15, -0.1) is 0 Å². The summed E-state index contributed by atoms with van der Waals surface area (Å²) in [6, 6.07) is 6.32. The molecule has 1 aliphatic heterocycles. The minimum atomic E-state index is -4.02. The van der Waals surface area contributed by atoms with Crippen molar-refractivity contribution in [1.82, 2.24) is 10.0 Å². The topological polar surface area (TPSA) is 113 Å². The van der Waals surface area contributed by atoms with Crippen LogP contribution in [0.4, 0.5) is 0 Å². The molecule has 0 bridgehead atoms. The van der Waals surface area contributed by atoms with Gasteiger partial charge in [0.25, 0.3) is 10.1 Å². The molecule has 0 aromatic heterocycles. The summed E-state index contributed by atoms with van der Waals surface area (Å²) in [6.07, 6.45) is 2.24. The maximum absolute atomic E-state index is 10.7. The van der Waals surface area contributed by atoms with Crippen LogP contribution in [0.3, 0.4) is 0 Å². The molecule has 1 unspecified atom stereocenters. The Hall–Kier alpha value is -1.00. The van der Waals surface area contributed by atoms with Crippen LogP contribution in [0, 0.1) is 6.92 Å². The van der Waals surface area contributed by atoms with Crippen molar-refractivity contribution < 1.29 is 21.4 Å². The van der Waals surface area contributed by atoms with E-state index in [1.165, 1.54) is 18.4 Å². The first-order valence-electron chi connectivity index (χ1n) is 6.74.